The Morgan fingerprint density at radius 2 is 1.82 bits per heavy atom. The Hall–Kier alpha value is -4.29. The first-order valence-corrected chi connectivity index (χ1v) is 15.7. The molecule has 0 aliphatic carbocycles. The monoisotopic (exact) mass is 674 g/mol. The van der Waals surface area contributed by atoms with Crippen molar-refractivity contribution >= 4 is 49.8 Å². The van der Waals surface area contributed by atoms with Crippen LogP contribution < -0.4 is 15.0 Å². The zero-order valence-corrected chi connectivity index (χ0v) is 27.3. The van der Waals surface area contributed by atoms with Gasteiger partial charge < -0.3 is 9.47 Å². The molecule has 2 aromatic carbocycles. The van der Waals surface area contributed by atoms with Crippen LogP contribution in [0.2, 0.25) is 0 Å². The van der Waals surface area contributed by atoms with Crippen LogP contribution in [0.4, 0.5) is 0 Å². The summed E-state index contributed by atoms with van der Waals surface area (Å²) in [5.41, 5.74) is 2.64. The van der Waals surface area contributed by atoms with Gasteiger partial charge in [-0.3, -0.25) is 14.3 Å². The van der Waals surface area contributed by atoms with Gasteiger partial charge in [-0.15, -0.1) is 11.3 Å². The summed E-state index contributed by atoms with van der Waals surface area (Å²) in [4.78, 5) is 29.0. The van der Waals surface area contributed by atoms with Gasteiger partial charge in [0.15, 0.2) is 11.5 Å². The summed E-state index contributed by atoms with van der Waals surface area (Å²) in [6.45, 7) is 5.64. The van der Waals surface area contributed by atoms with E-state index in [2.05, 4.69) is 21.0 Å². The number of hydrogen-bond acceptors (Lipinski definition) is 8. The highest BCUT2D eigenvalue weighted by Crippen LogP contribution is 2.38. The highest BCUT2D eigenvalue weighted by atomic mass is 79.9. The second kappa shape index (κ2) is 11.7. The molecule has 5 aromatic rings. The third kappa shape index (κ3) is 5.43. The summed E-state index contributed by atoms with van der Waals surface area (Å²) in [5, 5.41) is 18.1. The summed E-state index contributed by atoms with van der Waals surface area (Å²) in [7, 11) is 3.15. The first kappa shape index (κ1) is 29.8. The van der Waals surface area contributed by atoms with Crippen molar-refractivity contribution in [2.75, 3.05) is 14.2 Å². The van der Waals surface area contributed by atoms with Gasteiger partial charge in [0.05, 0.1) is 48.0 Å². The zero-order valence-electron chi connectivity index (χ0n) is 24.9. The van der Waals surface area contributed by atoms with E-state index in [9.17, 15) is 9.59 Å². The van der Waals surface area contributed by atoms with Gasteiger partial charge in [0.1, 0.15) is 17.8 Å². The van der Waals surface area contributed by atoms with Gasteiger partial charge in [0.2, 0.25) is 0 Å². The van der Waals surface area contributed by atoms with E-state index in [1.54, 1.807) is 25.1 Å². The fourth-order valence-corrected chi connectivity index (χ4v) is 6.35. The Kier molecular flexibility index (Phi) is 7.89. The van der Waals surface area contributed by atoms with Crippen LogP contribution in [0.3, 0.4) is 0 Å². The Bertz CT molecular complexity index is 1940. The maximum atomic E-state index is 14.1. The largest absolute Gasteiger partial charge is 0.493 e. The van der Waals surface area contributed by atoms with Crippen LogP contribution in [0.25, 0.3) is 21.5 Å². The predicted octanol–water partition coefficient (Wildman–Crippen LogP) is 6.23. The molecule has 0 saturated heterocycles. The van der Waals surface area contributed by atoms with E-state index in [-0.39, 0.29) is 18.0 Å². The molecule has 44 heavy (non-hydrogen) atoms. The van der Waals surface area contributed by atoms with Crippen molar-refractivity contribution in [2.24, 2.45) is 5.10 Å². The molecule has 1 unspecified atom stereocenters. The molecule has 0 N–H and O–H groups in total. The third-order valence-electron chi connectivity index (χ3n) is 7.49. The number of nitrogens with zero attached hydrogens (tertiary/aromatic N) is 6. The van der Waals surface area contributed by atoms with Crippen molar-refractivity contribution in [2.45, 2.75) is 45.3 Å². The fourth-order valence-electron chi connectivity index (χ4n) is 5.36. The number of ether oxygens (including phenoxy) is 2. The first-order valence-electron chi connectivity index (χ1n) is 14.0. The number of amides is 1. The van der Waals surface area contributed by atoms with E-state index in [1.165, 1.54) is 21.0 Å². The number of halogens is 1. The Balaban J connectivity index is 1.44. The lowest BCUT2D eigenvalue weighted by Gasteiger charge is -2.23. The quantitative estimate of drug-likeness (QED) is 0.203. The SMILES string of the molecule is COc1ccc(C2CC(c3ccc(Br)cc3)=NN2C(=O)Cn2nc(-c3cccs3)c3cnn(C(C)(C)C)c3c2=O)cc1OC. The van der Waals surface area contributed by atoms with Crippen LogP contribution in [0, 0.1) is 0 Å². The Morgan fingerprint density at radius 1 is 1.07 bits per heavy atom. The van der Waals surface area contributed by atoms with Gasteiger partial charge in [-0.25, -0.2) is 9.69 Å². The van der Waals surface area contributed by atoms with Crippen LogP contribution in [-0.4, -0.2) is 50.4 Å². The summed E-state index contributed by atoms with van der Waals surface area (Å²) in [6, 6.07) is 16.8. The van der Waals surface area contributed by atoms with Gasteiger partial charge >= 0.3 is 0 Å². The van der Waals surface area contributed by atoms with E-state index >= 15 is 0 Å². The number of rotatable bonds is 7. The number of hydrazone groups is 1. The highest BCUT2D eigenvalue weighted by Gasteiger charge is 2.34. The van der Waals surface area contributed by atoms with Gasteiger partial charge in [0.25, 0.3) is 11.5 Å². The van der Waals surface area contributed by atoms with E-state index in [0.29, 0.717) is 34.5 Å². The molecule has 0 saturated carbocycles. The minimum Gasteiger partial charge on any atom is -0.493 e. The van der Waals surface area contributed by atoms with Crippen LogP contribution >= 0.6 is 27.3 Å². The molecule has 0 fully saturated rings. The number of benzene rings is 2. The molecule has 0 bridgehead atoms. The van der Waals surface area contributed by atoms with Gasteiger partial charge in [0, 0.05) is 10.9 Å². The molecule has 226 valence electrons. The summed E-state index contributed by atoms with van der Waals surface area (Å²) in [5.74, 6) is 0.764. The van der Waals surface area contributed by atoms with Gasteiger partial charge in [-0.2, -0.15) is 15.3 Å². The molecule has 0 spiro atoms. The number of hydrogen-bond donors (Lipinski definition) is 0. The number of aromatic nitrogens is 4. The molecule has 4 heterocycles. The van der Waals surface area contributed by atoms with Crippen molar-refractivity contribution in [3.8, 4) is 22.1 Å². The van der Waals surface area contributed by atoms with Crippen molar-refractivity contribution in [1.82, 2.24) is 24.6 Å². The number of thiophene rings is 1. The molecule has 1 aliphatic rings. The van der Waals surface area contributed by atoms with E-state index < -0.39 is 11.6 Å². The van der Waals surface area contributed by atoms with Crippen LogP contribution in [0.5, 0.6) is 11.5 Å². The average molecular weight is 676 g/mol. The van der Waals surface area contributed by atoms with Crippen molar-refractivity contribution < 1.29 is 14.3 Å². The minimum atomic E-state index is -0.464. The number of methoxy groups -OCH3 is 2. The Labute approximate surface area is 266 Å². The molecule has 0 radical (unpaired) electrons. The maximum Gasteiger partial charge on any atom is 0.293 e. The second-order valence-electron chi connectivity index (χ2n) is 11.4. The van der Waals surface area contributed by atoms with E-state index in [1.807, 2.05) is 80.7 Å². The van der Waals surface area contributed by atoms with Gasteiger partial charge in [-0.1, -0.05) is 40.2 Å². The number of carbonyl (C=O) groups is 1. The topological polar surface area (TPSA) is 104 Å². The lowest BCUT2D eigenvalue weighted by atomic mass is 9.98. The molecule has 3 aromatic heterocycles. The molecule has 1 amide bonds. The first-order chi connectivity index (χ1) is 21.1. The summed E-state index contributed by atoms with van der Waals surface area (Å²) in [6.07, 6.45) is 2.15. The standard InChI is InChI=1S/C32H31BrN6O4S/c1-32(2,3)39-30-22(17-34-39)29(27-7-6-14-44-27)36-37(31(30)41)18-28(40)38-24(20-10-13-25(42-4)26(15-20)43-5)16-23(35-38)19-8-11-21(33)12-9-19/h6-15,17,24H,16,18H2,1-5H3. The molecule has 1 atom stereocenters. The third-order valence-corrected chi connectivity index (χ3v) is 8.90. The lowest BCUT2D eigenvalue weighted by Crippen LogP contribution is -2.36. The minimum absolute atomic E-state index is 0.302. The van der Waals surface area contributed by atoms with Crippen molar-refractivity contribution in [1.29, 1.82) is 0 Å². The van der Waals surface area contributed by atoms with E-state index in [4.69, 9.17) is 19.7 Å². The Morgan fingerprint density at radius 3 is 2.48 bits per heavy atom. The number of carbonyl (C=O) groups excluding carboxylic acids is 1. The molecule has 10 nitrogen and oxygen atoms in total. The lowest BCUT2D eigenvalue weighted by molar-refractivity contribution is -0.133. The van der Waals surface area contributed by atoms with Crippen LogP contribution in [0.15, 0.2) is 80.5 Å². The normalized spacial score (nSPS) is 15.1. The maximum absolute atomic E-state index is 14.1. The molecular weight excluding hydrogens is 644 g/mol. The fraction of sp³-hybridized carbons (Fsp3) is 0.281. The second-order valence-corrected chi connectivity index (χ2v) is 13.3. The van der Waals surface area contributed by atoms with Crippen LogP contribution in [-0.2, 0) is 16.9 Å². The predicted molar refractivity (Wildman–Crippen MR) is 175 cm³/mol. The molecule has 12 heteroatoms. The summed E-state index contributed by atoms with van der Waals surface area (Å²) >= 11 is 5.00. The smallest absolute Gasteiger partial charge is 0.293 e. The molecule has 6 rings (SSSR count). The summed E-state index contributed by atoms with van der Waals surface area (Å²) < 4.78 is 14.9. The molecular formula is C32H31BrN6O4S. The average Bonchev–Trinajstić information content (AvgIpc) is 3.79. The van der Waals surface area contributed by atoms with Crippen molar-refractivity contribution in [3.63, 3.8) is 0 Å². The number of fused-ring (bicyclic) bond motifs is 1. The van der Waals surface area contributed by atoms with Crippen LogP contribution in [0.1, 0.15) is 44.4 Å². The van der Waals surface area contributed by atoms with Gasteiger partial charge in [-0.05, 0) is 67.6 Å². The van der Waals surface area contributed by atoms with E-state index in [0.717, 1.165) is 26.2 Å². The van der Waals surface area contributed by atoms with Crippen molar-refractivity contribution in [3.05, 3.63) is 92.1 Å². The zero-order chi connectivity index (χ0) is 31.2. The highest BCUT2D eigenvalue weighted by molar-refractivity contribution is 9.10. The molecule has 1 aliphatic heterocycles.